The third-order valence-corrected chi connectivity index (χ3v) is 4.62. The van der Waals surface area contributed by atoms with Crippen LogP contribution in [-0.4, -0.2) is 24.3 Å². The number of thioether (sulfide) groups is 1. The summed E-state index contributed by atoms with van der Waals surface area (Å²) in [5.74, 6) is 3.29. The van der Waals surface area contributed by atoms with Crippen molar-refractivity contribution in [3.05, 3.63) is 54.0 Å². The number of aryl methyl sites for hydroxylation is 1. The minimum atomic E-state index is -0.451. The number of nitrogens with one attached hydrogen (secondary N) is 1. The van der Waals surface area contributed by atoms with E-state index in [0.717, 1.165) is 29.4 Å². The summed E-state index contributed by atoms with van der Waals surface area (Å²) in [5, 5.41) is 2.94. The van der Waals surface area contributed by atoms with E-state index in [-0.39, 0.29) is 5.91 Å². The van der Waals surface area contributed by atoms with Gasteiger partial charge in [-0.2, -0.15) is 11.8 Å². The van der Waals surface area contributed by atoms with Gasteiger partial charge in [0.05, 0.1) is 12.0 Å². The number of hydrogen-bond donors (Lipinski definition) is 1. The lowest BCUT2D eigenvalue weighted by Gasteiger charge is -2.17. The standard InChI is InChI=1S/C19H25NO3S/c1-3-15-7-9-16(10-8-15)23-18(4-2)19(21)20-11-13-24-14-17-6-5-12-22-17/h5-10,12,18H,3-4,11,13-14H2,1-2H3,(H,20,21). The van der Waals surface area contributed by atoms with E-state index in [4.69, 9.17) is 9.15 Å². The molecule has 5 heteroatoms. The van der Waals surface area contributed by atoms with E-state index < -0.39 is 6.10 Å². The Morgan fingerprint density at radius 2 is 2.04 bits per heavy atom. The Morgan fingerprint density at radius 1 is 1.25 bits per heavy atom. The predicted octanol–water partition coefficient (Wildman–Crippen LogP) is 4.05. The van der Waals surface area contributed by atoms with Gasteiger partial charge in [-0.25, -0.2) is 0 Å². The summed E-state index contributed by atoms with van der Waals surface area (Å²) in [7, 11) is 0. The zero-order valence-electron chi connectivity index (χ0n) is 14.3. The maximum Gasteiger partial charge on any atom is 0.261 e. The molecule has 1 aromatic heterocycles. The van der Waals surface area contributed by atoms with Crippen molar-refractivity contribution < 1.29 is 13.9 Å². The zero-order valence-corrected chi connectivity index (χ0v) is 15.1. The highest BCUT2D eigenvalue weighted by Gasteiger charge is 2.17. The molecule has 0 aliphatic rings. The van der Waals surface area contributed by atoms with Crippen molar-refractivity contribution in [2.24, 2.45) is 0 Å². The quantitative estimate of drug-likeness (QED) is 0.659. The first-order valence-electron chi connectivity index (χ1n) is 8.36. The average Bonchev–Trinajstić information content (AvgIpc) is 3.13. The molecule has 0 aliphatic carbocycles. The number of furan rings is 1. The van der Waals surface area contributed by atoms with Crippen LogP contribution in [0.3, 0.4) is 0 Å². The molecule has 4 nitrogen and oxygen atoms in total. The first kappa shape index (κ1) is 18.5. The number of rotatable bonds is 10. The SMILES string of the molecule is CCc1ccc(OC(CC)C(=O)NCCSCc2ccco2)cc1. The van der Waals surface area contributed by atoms with Gasteiger partial charge >= 0.3 is 0 Å². The fourth-order valence-corrected chi connectivity index (χ4v) is 2.97. The highest BCUT2D eigenvalue weighted by molar-refractivity contribution is 7.98. The molecule has 1 N–H and O–H groups in total. The first-order valence-corrected chi connectivity index (χ1v) is 9.51. The minimum absolute atomic E-state index is 0.0596. The van der Waals surface area contributed by atoms with Crippen molar-refractivity contribution in [2.45, 2.75) is 38.5 Å². The van der Waals surface area contributed by atoms with Crippen molar-refractivity contribution in [3.63, 3.8) is 0 Å². The maximum absolute atomic E-state index is 12.2. The summed E-state index contributed by atoms with van der Waals surface area (Å²) in [6.07, 6.45) is 2.86. The Kier molecular flexibility index (Phi) is 7.75. The Hall–Kier alpha value is -1.88. The number of benzene rings is 1. The van der Waals surface area contributed by atoms with E-state index in [1.807, 2.05) is 43.3 Å². The molecule has 1 unspecified atom stereocenters. The molecular weight excluding hydrogens is 322 g/mol. The first-order chi connectivity index (χ1) is 11.7. The van der Waals surface area contributed by atoms with Gasteiger partial charge in [-0.05, 0) is 42.7 Å². The third-order valence-electron chi connectivity index (χ3n) is 3.64. The molecule has 2 rings (SSSR count). The average molecular weight is 347 g/mol. The van der Waals surface area contributed by atoms with Crippen LogP contribution in [0.1, 0.15) is 31.6 Å². The van der Waals surface area contributed by atoms with Crippen molar-refractivity contribution in [3.8, 4) is 5.75 Å². The van der Waals surface area contributed by atoms with Gasteiger partial charge in [0.1, 0.15) is 11.5 Å². The van der Waals surface area contributed by atoms with Crippen LogP contribution in [-0.2, 0) is 17.0 Å². The van der Waals surface area contributed by atoms with E-state index in [0.29, 0.717) is 13.0 Å². The van der Waals surface area contributed by atoms with Gasteiger partial charge in [-0.3, -0.25) is 4.79 Å². The molecule has 1 aromatic carbocycles. The lowest BCUT2D eigenvalue weighted by atomic mass is 10.2. The zero-order chi connectivity index (χ0) is 17.2. The van der Waals surface area contributed by atoms with Gasteiger partial charge in [0, 0.05) is 12.3 Å². The molecule has 24 heavy (non-hydrogen) atoms. The van der Waals surface area contributed by atoms with Crippen LogP contribution in [0.15, 0.2) is 47.1 Å². The number of amides is 1. The predicted molar refractivity (Wildman–Crippen MR) is 98.4 cm³/mol. The summed E-state index contributed by atoms with van der Waals surface area (Å²) >= 11 is 1.73. The molecule has 0 aliphatic heterocycles. The highest BCUT2D eigenvalue weighted by atomic mass is 32.2. The molecular formula is C19H25NO3S. The largest absolute Gasteiger partial charge is 0.481 e. The molecule has 1 heterocycles. The molecule has 1 amide bonds. The van der Waals surface area contributed by atoms with E-state index in [1.165, 1.54) is 5.56 Å². The van der Waals surface area contributed by atoms with E-state index in [9.17, 15) is 4.79 Å². The summed E-state index contributed by atoms with van der Waals surface area (Å²) in [5.41, 5.74) is 1.26. The van der Waals surface area contributed by atoms with Crippen molar-refractivity contribution in [1.82, 2.24) is 5.32 Å². The lowest BCUT2D eigenvalue weighted by molar-refractivity contribution is -0.127. The Labute approximate surface area is 148 Å². The molecule has 0 radical (unpaired) electrons. The van der Waals surface area contributed by atoms with Crippen molar-refractivity contribution in [1.29, 1.82) is 0 Å². The van der Waals surface area contributed by atoms with Gasteiger partial charge in [-0.1, -0.05) is 26.0 Å². The second-order valence-electron chi connectivity index (χ2n) is 5.44. The van der Waals surface area contributed by atoms with Gasteiger partial charge in [0.2, 0.25) is 0 Å². The molecule has 1 atom stereocenters. The van der Waals surface area contributed by atoms with E-state index >= 15 is 0 Å². The molecule has 130 valence electrons. The fraction of sp³-hybridized carbons (Fsp3) is 0.421. The molecule has 0 fully saturated rings. The van der Waals surface area contributed by atoms with Crippen LogP contribution in [0.4, 0.5) is 0 Å². The number of carbonyl (C=O) groups is 1. The molecule has 0 saturated carbocycles. The number of hydrogen-bond acceptors (Lipinski definition) is 4. The fourth-order valence-electron chi connectivity index (χ4n) is 2.22. The van der Waals surface area contributed by atoms with Crippen LogP contribution < -0.4 is 10.1 Å². The second kappa shape index (κ2) is 10.1. The van der Waals surface area contributed by atoms with Gasteiger partial charge < -0.3 is 14.5 Å². The van der Waals surface area contributed by atoms with Crippen molar-refractivity contribution in [2.75, 3.05) is 12.3 Å². The summed E-state index contributed by atoms with van der Waals surface area (Å²) in [4.78, 5) is 12.2. The second-order valence-corrected chi connectivity index (χ2v) is 6.54. The van der Waals surface area contributed by atoms with Crippen LogP contribution in [0.25, 0.3) is 0 Å². The third kappa shape index (κ3) is 5.96. The maximum atomic E-state index is 12.2. The van der Waals surface area contributed by atoms with Crippen molar-refractivity contribution >= 4 is 17.7 Å². The topological polar surface area (TPSA) is 51.5 Å². The summed E-state index contributed by atoms with van der Waals surface area (Å²) < 4.78 is 11.1. The monoisotopic (exact) mass is 347 g/mol. The molecule has 0 spiro atoms. The van der Waals surface area contributed by atoms with Gasteiger partial charge in [0.25, 0.3) is 5.91 Å². The highest BCUT2D eigenvalue weighted by Crippen LogP contribution is 2.16. The van der Waals surface area contributed by atoms with Crippen LogP contribution >= 0.6 is 11.8 Å². The summed E-state index contributed by atoms with van der Waals surface area (Å²) in [6.45, 7) is 4.69. The number of carbonyl (C=O) groups excluding carboxylic acids is 1. The molecule has 0 saturated heterocycles. The van der Waals surface area contributed by atoms with Crippen LogP contribution in [0, 0.1) is 0 Å². The lowest BCUT2D eigenvalue weighted by Crippen LogP contribution is -2.39. The smallest absolute Gasteiger partial charge is 0.261 e. The molecule has 0 bridgehead atoms. The minimum Gasteiger partial charge on any atom is -0.481 e. The summed E-state index contributed by atoms with van der Waals surface area (Å²) in [6, 6.07) is 11.8. The van der Waals surface area contributed by atoms with Gasteiger partial charge in [-0.15, -0.1) is 0 Å². The number of ether oxygens (including phenoxy) is 1. The molecule has 2 aromatic rings. The van der Waals surface area contributed by atoms with Crippen LogP contribution in [0.2, 0.25) is 0 Å². The Balaban J connectivity index is 1.70. The van der Waals surface area contributed by atoms with Gasteiger partial charge in [0.15, 0.2) is 6.10 Å². The normalized spacial score (nSPS) is 11.9. The Morgan fingerprint density at radius 3 is 2.67 bits per heavy atom. The Bertz CT molecular complexity index is 596. The van der Waals surface area contributed by atoms with E-state index in [2.05, 4.69) is 12.2 Å². The van der Waals surface area contributed by atoms with Crippen LogP contribution in [0.5, 0.6) is 5.75 Å². The van der Waals surface area contributed by atoms with E-state index in [1.54, 1.807) is 18.0 Å².